The monoisotopic (exact) mass is 293 g/mol. The molecule has 0 amide bonds. The SMILES string of the molecule is Cc1occc1Sc1cc(C(F)(F)F)cc(Cl)n1. The summed E-state index contributed by atoms with van der Waals surface area (Å²) in [5.41, 5.74) is -0.814. The van der Waals surface area contributed by atoms with E-state index >= 15 is 0 Å². The van der Waals surface area contributed by atoms with Crippen molar-refractivity contribution >= 4 is 23.4 Å². The fourth-order valence-electron chi connectivity index (χ4n) is 1.28. The quantitative estimate of drug-likeness (QED) is 0.743. The maximum atomic E-state index is 12.6. The van der Waals surface area contributed by atoms with Crippen molar-refractivity contribution in [2.24, 2.45) is 0 Å². The fraction of sp³-hybridized carbons (Fsp3) is 0.182. The summed E-state index contributed by atoms with van der Waals surface area (Å²) in [6.45, 7) is 1.72. The highest BCUT2D eigenvalue weighted by Crippen LogP contribution is 2.36. The second kappa shape index (κ2) is 4.85. The lowest BCUT2D eigenvalue weighted by Gasteiger charge is -2.08. The molecule has 0 aliphatic carbocycles. The van der Waals surface area contributed by atoms with Crippen molar-refractivity contribution in [2.75, 3.05) is 0 Å². The minimum absolute atomic E-state index is 0.180. The molecule has 0 aliphatic rings. The number of nitrogens with zero attached hydrogens (tertiary/aromatic N) is 1. The van der Waals surface area contributed by atoms with Crippen LogP contribution in [0.1, 0.15) is 11.3 Å². The van der Waals surface area contributed by atoms with Crippen molar-refractivity contribution in [3.63, 3.8) is 0 Å². The highest BCUT2D eigenvalue weighted by Gasteiger charge is 2.31. The number of hydrogen-bond donors (Lipinski definition) is 0. The predicted molar refractivity (Wildman–Crippen MR) is 61.8 cm³/mol. The van der Waals surface area contributed by atoms with Crippen LogP contribution >= 0.6 is 23.4 Å². The molecule has 2 rings (SSSR count). The molecule has 0 unspecified atom stereocenters. The number of aryl methyl sites for hydroxylation is 1. The maximum Gasteiger partial charge on any atom is 0.416 e. The highest BCUT2D eigenvalue weighted by atomic mass is 35.5. The van der Waals surface area contributed by atoms with Crippen LogP contribution in [0.4, 0.5) is 13.2 Å². The lowest BCUT2D eigenvalue weighted by Crippen LogP contribution is -2.05. The van der Waals surface area contributed by atoms with Gasteiger partial charge in [0.15, 0.2) is 0 Å². The first kappa shape index (κ1) is 13.3. The van der Waals surface area contributed by atoms with E-state index in [1.807, 2.05) is 0 Å². The van der Waals surface area contributed by atoms with Crippen molar-refractivity contribution in [1.29, 1.82) is 0 Å². The van der Waals surface area contributed by atoms with Crippen molar-refractivity contribution in [3.8, 4) is 0 Å². The first-order chi connectivity index (χ1) is 8.36. The van der Waals surface area contributed by atoms with Crippen LogP contribution in [0.25, 0.3) is 0 Å². The number of furan rings is 1. The van der Waals surface area contributed by atoms with E-state index in [2.05, 4.69) is 4.98 Å². The van der Waals surface area contributed by atoms with Crippen molar-refractivity contribution < 1.29 is 17.6 Å². The highest BCUT2D eigenvalue weighted by molar-refractivity contribution is 7.99. The fourth-order valence-corrected chi connectivity index (χ4v) is 2.41. The predicted octanol–water partition coefficient (Wildman–Crippen LogP) is 4.81. The minimum Gasteiger partial charge on any atom is -0.468 e. The van der Waals surface area contributed by atoms with Gasteiger partial charge in [0.1, 0.15) is 15.9 Å². The second-order valence-corrected chi connectivity index (χ2v) is 4.91. The third-order valence-electron chi connectivity index (χ3n) is 2.12. The summed E-state index contributed by atoms with van der Waals surface area (Å²) in [6, 6.07) is 3.42. The van der Waals surface area contributed by atoms with E-state index in [9.17, 15) is 13.2 Å². The van der Waals surface area contributed by atoms with Crippen LogP contribution in [-0.4, -0.2) is 4.98 Å². The van der Waals surface area contributed by atoms with Gasteiger partial charge < -0.3 is 4.42 Å². The second-order valence-electron chi connectivity index (χ2n) is 3.46. The van der Waals surface area contributed by atoms with Gasteiger partial charge in [0, 0.05) is 0 Å². The van der Waals surface area contributed by atoms with E-state index in [4.69, 9.17) is 16.0 Å². The van der Waals surface area contributed by atoms with Crippen LogP contribution in [0.2, 0.25) is 5.15 Å². The van der Waals surface area contributed by atoms with E-state index in [-0.39, 0.29) is 10.2 Å². The average molecular weight is 294 g/mol. The Kier molecular flexibility index (Phi) is 3.59. The van der Waals surface area contributed by atoms with Crippen LogP contribution in [0, 0.1) is 6.92 Å². The molecule has 0 fully saturated rings. The summed E-state index contributed by atoms with van der Waals surface area (Å²) in [5, 5.41) is -0.00667. The van der Waals surface area contributed by atoms with Crippen LogP contribution in [0.3, 0.4) is 0 Å². The zero-order chi connectivity index (χ0) is 13.3. The molecule has 2 heterocycles. The molecule has 0 aromatic carbocycles. The lowest BCUT2D eigenvalue weighted by molar-refractivity contribution is -0.137. The first-order valence-electron chi connectivity index (χ1n) is 4.83. The van der Waals surface area contributed by atoms with Crippen molar-refractivity contribution in [1.82, 2.24) is 4.98 Å². The summed E-state index contributed by atoms with van der Waals surface area (Å²) < 4.78 is 42.8. The Morgan fingerprint density at radius 1 is 1.33 bits per heavy atom. The van der Waals surface area contributed by atoms with Gasteiger partial charge in [-0.2, -0.15) is 13.2 Å². The Balaban J connectivity index is 2.35. The van der Waals surface area contributed by atoms with E-state index in [1.165, 1.54) is 6.26 Å². The first-order valence-corrected chi connectivity index (χ1v) is 6.02. The third-order valence-corrected chi connectivity index (χ3v) is 3.38. The Bertz CT molecular complexity index is 568. The molecule has 96 valence electrons. The molecule has 0 radical (unpaired) electrons. The molecule has 0 saturated heterocycles. The molecule has 0 bridgehead atoms. The van der Waals surface area contributed by atoms with Gasteiger partial charge >= 0.3 is 6.18 Å². The van der Waals surface area contributed by atoms with E-state index in [1.54, 1.807) is 13.0 Å². The summed E-state index contributed by atoms with van der Waals surface area (Å²) in [5.74, 6) is 0.621. The van der Waals surface area contributed by atoms with Crippen LogP contribution in [0.5, 0.6) is 0 Å². The Hall–Kier alpha value is -1.14. The van der Waals surface area contributed by atoms with E-state index in [0.29, 0.717) is 10.7 Å². The van der Waals surface area contributed by atoms with Gasteiger partial charge in [-0.3, -0.25) is 0 Å². The molecule has 0 aliphatic heterocycles. The van der Waals surface area contributed by atoms with Gasteiger partial charge in [-0.15, -0.1) is 0 Å². The van der Waals surface area contributed by atoms with Crippen LogP contribution in [0.15, 0.2) is 38.8 Å². The zero-order valence-electron chi connectivity index (χ0n) is 9.08. The third kappa shape index (κ3) is 3.00. The van der Waals surface area contributed by atoms with Gasteiger partial charge in [0.25, 0.3) is 0 Å². The summed E-state index contributed by atoms with van der Waals surface area (Å²) >= 11 is 6.66. The Labute approximate surface area is 110 Å². The number of alkyl halides is 3. The Morgan fingerprint density at radius 3 is 2.61 bits per heavy atom. The van der Waals surface area contributed by atoms with E-state index in [0.717, 1.165) is 23.9 Å². The zero-order valence-corrected chi connectivity index (χ0v) is 10.7. The molecule has 0 saturated carbocycles. The molecular weight excluding hydrogens is 287 g/mol. The normalized spacial score (nSPS) is 11.8. The molecule has 0 atom stereocenters. The number of hydrogen-bond acceptors (Lipinski definition) is 3. The molecule has 2 aromatic heterocycles. The van der Waals surface area contributed by atoms with Crippen LogP contribution < -0.4 is 0 Å². The van der Waals surface area contributed by atoms with Crippen LogP contribution in [-0.2, 0) is 6.18 Å². The Morgan fingerprint density at radius 2 is 2.06 bits per heavy atom. The summed E-state index contributed by atoms with van der Waals surface area (Å²) in [4.78, 5) is 4.56. The van der Waals surface area contributed by atoms with Gasteiger partial charge in [-0.1, -0.05) is 23.4 Å². The molecule has 2 nitrogen and oxygen atoms in total. The summed E-state index contributed by atoms with van der Waals surface area (Å²) in [7, 11) is 0. The number of pyridine rings is 1. The standard InChI is InChI=1S/C11H7ClF3NOS/c1-6-8(2-3-17-6)18-10-5-7(11(13,14)15)4-9(12)16-10/h2-5H,1H3. The smallest absolute Gasteiger partial charge is 0.416 e. The largest absolute Gasteiger partial charge is 0.468 e. The number of halogens is 4. The maximum absolute atomic E-state index is 12.6. The van der Waals surface area contributed by atoms with E-state index < -0.39 is 11.7 Å². The van der Waals surface area contributed by atoms with Gasteiger partial charge in [0.2, 0.25) is 0 Å². The average Bonchev–Trinajstić information content (AvgIpc) is 2.62. The van der Waals surface area contributed by atoms with Gasteiger partial charge in [-0.05, 0) is 25.1 Å². The number of rotatable bonds is 2. The van der Waals surface area contributed by atoms with Gasteiger partial charge in [-0.25, -0.2) is 4.98 Å². The molecule has 0 N–H and O–H groups in total. The molecule has 18 heavy (non-hydrogen) atoms. The van der Waals surface area contributed by atoms with Crippen molar-refractivity contribution in [3.05, 3.63) is 40.9 Å². The molecular formula is C11H7ClF3NOS. The molecule has 2 aromatic rings. The lowest BCUT2D eigenvalue weighted by atomic mass is 10.3. The topological polar surface area (TPSA) is 26.0 Å². The number of aromatic nitrogens is 1. The summed E-state index contributed by atoms with van der Waals surface area (Å²) in [6.07, 6.45) is -2.97. The molecule has 7 heteroatoms. The minimum atomic E-state index is -4.44. The molecule has 0 spiro atoms. The van der Waals surface area contributed by atoms with Crippen molar-refractivity contribution in [2.45, 2.75) is 23.0 Å². The van der Waals surface area contributed by atoms with Gasteiger partial charge in [0.05, 0.1) is 16.7 Å².